The summed E-state index contributed by atoms with van der Waals surface area (Å²) in [5.74, 6) is 0.803. The minimum atomic E-state index is -0.817. The molecule has 4 heteroatoms. The highest BCUT2D eigenvalue weighted by molar-refractivity contribution is 5.91. The number of fused-ring (bicyclic) bond motifs is 1. The molecule has 3 rings (SSSR count). The number of carbonyl (C=O) groups is 1. The third kappa shape index (κ3) is 3.28. The first-order chi connectivity index (χ1) is 11.1. The molecule has 0 aromatic heterocycles. The molecule has 1 aliphatic rings. The fourth-order valence-electron chi connectivity index (χ4n) is 2.90. The predicted molar refractivity (Wildman–Crippen MR) is 90.2 cm³/mol. The Morgan fingerprint density at radius 3 is 2.52 bits per heavy atom. The summed E-state index contributed by atoms with van der Waals surface area (Å²) in [6.45, 7) is 4.34. The van der Waals surface area contributed by atoms with Crippen LogP contribution in [0, 0.1) is 0 Å². The van der Waals surface area contributed by atoms with Gasteiger partial charge in [0.05, 0.1) is 5.92 Å². The van der Waals surface area contributed by atoms with E-state index in [-0.39, 0.29) is 11.7 Å². The highest BCUT2D eigenvalue weighted by Gasteiger charge is 2.31. The van der Waals surface area contributed by atoms with Gasteiger partial charge in [-0.2, -0.15) is 0 Å². The first-order valence-corrected chi connectivity index (χ1v) is 7.95. The third-order valence-electron chi connectivity index (χ3n) is 4.33. The number of ketones is 1. The molecule has 0 aliphatic carbocycles. The molecule has 0 spiro atoms. The molecular weight excluding hydrogens is 288 g/mol. The molecule has 2 unspecified atom stereocenters. The zero-order valence-corrected chi connectivity index (χ0v) is 13.5. The van der Waals surface area contributed by atoms with Crippen LogP contribution < -0.4 is 16.1 Å². The van der Waals surface area contributed by atoms with Gasteiger partial charge in [-0.25, -0.2) is 0 Å². The Hall–Kier alpha value is -2.17. The van der Waals surface area contributed by atoms with Crippen molar-refractivity contribution in [1.29, 1.82) is 0 Å². The summed E-state index contributed by atoms with van der Waals surface area (Å²) in [6.07, 6.45) is -0.199. The van der Waals surface area contributed by atoms with E-state index in [1.165, 1.54) is 5.56 Å². The minimum Gasteiger partial charge on any atom is -0.406 e. The Bertz CT molecular complexity index is 695. The minimum absolute atomic E-state index is 0.0529. The van der Waals surface area contributed by atoms with E-state index in [1.54, 1.807) is 0 Å². The van der Waals surface area contributed by atoms with Crippen LogP contribution in [0.25, 0.3) is 0 Å². The zero-order valence-electron chi connectivity index (χ0n) is 13.5. The number of rotatable bonds is 3. The van der Waals surface area contributed by atoms with Crippen molar-refractivity contribution in [2.24, 2.45) is 5.73 Å². The van der Waals surface area contributed by atoms with Crippen LogP contribution in [-0.2, 0) is 11.2 Å². The van der Waals surface area contributed by atoms with E-state index < -0.39 is 6.17 Å². The quantitative estimate of drug-likeness (QED) is 0.915. The molecule has 0 radical (unpaired) electrons. The second kappa shape index (κ2) is 6.52. The van der Waals surface area contributed by atoms with Gasteiger partial charge in [0, 0.05) is 5.56 Å². The topological polar surface area (TPSA) is 64.4 Å². The maximum atomic E-state index is 12.6. The largest absolute Gasteiger partial charge is 0.406 e. The molecule has 1 heterocycles. The first kappa shape index (κ1) is 15.7. The van der Waals surface area contributed by atoms with Crippen LogP contribution in [-0.4, -0.2) is 11.9 Å². The van der Waals surface area contributed by atoms with Gasteiger partial charge < -0.3 is 10.6 Å². The third-order valence-corrected chi connectivity index (χ3v) is 4.33. The predicted octanol–water partition coefficient (Wildman–Crippen LogP) is 2.89. The van der Waals surface area contributed by atoms with E-state index in [9.17, 15) is 4.79 Å². The van der Waals surface area contributed by atoms with E-state index >= 15 is 0 Å². The summed E-state index contributed by atoms with van der Waals surface area (Å²) >= 11 is 0. The molecule has 120 valence electrons. The highest BCUT2D eigenvalue weighted by atomic mass is 16.6. The smallest absolute Gasteiger partial charge is 0.175 e. The van der Waals surface area contributed by atoms with Crippen molar-refractivity contribution < 1.29 is 9.63 Å². The zero-order chi connectivity index (χ0) is 16.4. The number of hydrogen-bond donors (Lipinski definition) is 2. The molecule has 2 atom stereocenters. The summed E-state index contributed by atoms with van der Waals surface area (Å²) in [7, 11) is 0. The van der Waals surface area contributed by atoms with Gasteiger partial charge in [0.1, 0.15) is 6.17 Å². The van der Waals surface area contributed by atoms with Crippen molar-refractivity contribution in [3.63, 3.8) is 0 Å². The Labute approximate surface area is 136 Å². The van der Waals surface area contributed by atoms with Crippen molar-refractivity contribution >= 4 is 5.78 Å². The lowest BCUT2D eigenvalue weighted by Crippen LogP contribution is -2.46. The van der Waals surface area contributed by atoms with Crippen molar-refractivity contribution in [2.75, 3.05) is 0 Å². The standard InChI is InChI=1S/C19H22N2O2/c1-12(2)14-9-7-13(8-10-14)11-16-15-5-3-4-6-17(15)23-21-19(20)18(16)22/h3-10,12,16,19,21H,11,20H2,1-2H3. The van der Waals surface area contributed by atoms with Crippen LogP contribution in [0.1, 0.15) is 42.4 Å². The number of hydrogen-bond acceptors (Lipinski definition) is 4. The Kier molecular flexibility index (Phi) is 4.46. The maximum Gasteiger partial charge on any atom is 0.175 e. The monoisotopic (exact) mass is 310 g/mol. The summed E-state index contributed by atoms with van der Waals surface area (Å²) < 4.78 is 0. The lowest BCUT2D eigenvalue weighted by Gasteiger charge is -2.17. The lowest BCUT2D eigenvalue weighted by atomic mass is 9.86. The van der Waals surface area contributed by atoms with E-state index in [2.05, 4.69) is 43.6 Å². The van der Waals surface area contributed by atoms with Gasteiger partial charge >= 0.3 is 0 Å². The van der Waals surface area contributed by atoms with Crippen molar-refractivity contribution in [3.05, 3.63) is 65.2 Å². The van der Waals surface area contributed by atoms with E-state index in [4.69, 9.17) is 10.6 Å². The molecule has 2 aromatic rings. The van der Waals surface area contributed by atoms with Gasteiger partial charge in [0.2, 0.25) is 0 Å². The van der Waals surface area contributed by atoms with Crippen LogP contribution in [0.4, 0.5) is 0 Å². The van der Waals surface area contributed by atoms with Gasteiger partial charge in [0.15, 0.2) is 11.5 Å². The molecular formula is C19H22N2O2. The van der Waals surface area contributed by atoms with Crippen LogP contribution in [0.5, 0.6) is 5.75 Å². The molecule has 0 amide bonds. The molecule has 23 heavy (non-hydrogen) atoms. The van der Waals surface area contributed by atoms with Crippen LogP contribution >= 0.6 is 0 Å². The molecule has 0 fully saturated rings. The van der Waals surface area contributed by atoms with Gasteiger partial charge in [-0.15, -0.1) is 5.48 Å². The van der Waals surface area contributed by atoms with E-state index in [0.29, 0.717) is 18.1 Å². The fraction of sp³-hybridized carbons (Fsp3) is 0.316. The Morgan fingerprint density at radius 1 is 1.13 bits per heavy atom. The molecule has 4 nitrogen and oxygen atoms in total. The normalized spacial score (nSPS) is 20.8. The number of Topliss-reactive ketones (excluding diaryl/α,β-unsaturated/α-hetero) is 1. The average molecular weight is 310 g/mol. The number of nitrogens with one attached hydrogen (secondary N) is 1. The van der Waals surface area contributed by atoms with Crippen molar-refractivity contribution in [1.82, 2.24) is 5.48 Å². The van der Waals surface area contributed by atoms with Crippen LogP contribution in [0.2, 0.25) is 0 Å². The maximum absolute atomic E-state index is 12.6. The average Bonchev–Trinajstić information content (AvgIpc) is 2.68. The lowest BCUT2D eigenvalue weighted by molar-refractivity contribution is -0.123. The molecule has 2 aromatic carbocycles. The number of hydroxylamine groups is 1. The summed E-state index contributed by atoms with van der Waals surface area (Å²) in [5, 5.41) is 0. The number of nitrogens with two attached hydrogens (primary N) is 1. The van der Waals surface area contributed by atoms with Crippen molar-refractivity contribution in [3.8, 4) is 5.75 Å². The van der Waals surface area contributed by atoms with Crippen LogP contribution in [0.15, 0.2) is 48.5 Å². The molecule has 0 bridgehead atoms. The fourth-order valence-corrected chi connectivity index (χ4v) is 2.90. The number of benzene rings is 2. The Balaban J connectivity index is 1.91. The summed E-state index contributed by atoms with van der Waals surface area (Å²) in [6, 6.07) is 16.0. The van der Waals surface area contributed by atoms with Gasteiger partial charge in [0.25, 0.3) is 0 Å². The second-order valence-corrected chi connectivity index (χ2v) is 6.29. The van der Waals surface area contributed by atoms with E-state index in [1.807, 2.05) is 24.3 Å². The highest BCUT2D eigenvalue weighted by Crippen LogP contribution is 2.32. The molecule has 0 saturated carbocycles. The number of carbonyl (C=O) groups excluding carboxylic acids is 1. The summed E-state index contributed by atoms with van der Waals surface area (Å²) in [4.78, 5) is 18.1. The van der Waals surface area contributed by atoms with E-state index in [0.717, 1.165) is 11.1 Å². The Morgan fingerprint density at radius 2 is 1.83 bits per heavy atom. The second-order valence-electron chi connectivity index (χ2n) is 6.29. The molecule has 1 aliphatic heterocycles. The summed E-state index contributed by atoms with van der Waals surface area (Å²) in [5.41, 5.74) is 11.8. The number of para-hydroxylation sites is 1. The molecule has 0 saturated heterocycles. The van der Waals surface area contributed by atoms with Crippen LogP contribution in [0.3, 0.4) is 0 Å². The molecule has 3 N–H and O–H groups in total. The van der Waals surface area contributed by atoms with Gasteiger partial charge in [-0.3, -0.25) is 4.79 Å². The SMILES string of the molecule is CC(C)c1ccc(CC2C(=O)C(N)NOc3ccccc32)cc1. The van der Waals surface area contributed by atoms with Crippen molar-refractivity contribution in [2.45, 2.75) is 38.3 Å². The first-order valence-electron chi connectivity index (χ1n) is 7.95. The van der Waals surface area contributed by atoms with Gasteiger partial charge in [-0.05, 0) is 29.5 Å². The van der Waals surface area contributed by atoms with Gasteiger partial charge in [-0.1, -0.05) is 56.3 Å².